The molecule has 0 heterocycles. The molecule has 4 aliphatic carbocycles. The number of hydrogen-bond donors (Lipinski definition) is 2. The van der Waals surface area contributed by atoms with Gasteiger partial charge in [0.05, 0.1) is 12.2 Å². The second-order valence-corrected chi connectivity index (χ2v) is 10.6. The third-order valence-corrected chi connectivity index (χ3v) is 9.46. The summed E-state index contributed by atoms with van der Waals surface area (Å²) in [4.78, 5) is 0. The first-order valence-corrected chi connectivity index (χ1v) is 11.3. The van der Waals surface area contributed by atoms with Crippen LogP contribution in [-0.4, -0.2) is 22.4 Å². The summed E-state index contributed by atoms with van der Waals surface area (Å²) in [6.45, 7) is 9.30. The number of aliphatic hydroxyl groups is 2. The van der Waals surface area contributed by atoms with E-state index < -0.39 is 0 Å². The Morgan fingerprint density at radius 1 is 1.11 bits per heavy atom. The van der Waals surface area contributed by atoms with E-state index in [0.717, 1.165) is 31.6 Å². The molecule has 0 bridgehead atoms. The number of fused-ring (bicyclic) bond motifs is 5. The smallest absolute Gasteiger partial charge is 0.0757 e. The summed E-state index contributed by atoms with van der Waals surface area (Å²) in [6.07, 6.45) is 10.5. The van der Waals surface area contributed by atoms with E-state index in [1.54, 1.807) is 0 Å². The molecule has 0 aromatic heterocycles. The lowest BCUT2D eigenvalue weighted by atomic mass is 9.46. The van der Waals surface area contributed by atoms with Gasteiger partial charge < -0.3 is 10.2 Å². The third-order valence-electron chi connectivity index (χ3n) is 9.46. The molecule has 27 heavy (non-hydrogen) atoms. The van der Waals surface area contributed by atoms with Crippen LogP contribution in [0.1, 0.15) is 79.1 Å². The quantitative estimate of drug-likeness (QED) is 0.533. The second kappa shape index (κ2) is 6.93. The van der Waals surface area contributed by atoms with E-state index in [1.807, 2.05) is 6.92 Å². The SMILES string of the molecule is CC#CC[C@@H](C)[C@H]1CC[C@H]2[C@@H]3[C@H](O)C=C4C[C@@H](O)CC[C@]4(C)[C@H]3CC[C@]12C. The Kier molecular flexibility index (Phi) is 5.01. The van der Waals surface area contributed by atoms with Gasteiger partial charge in [0.15, 0.2) is 0 Å². The van der Waals surface area contributed by atoms with Gasteiger partial charge in [-0.1, -0.05) is 32.4 Å². The molecule has 2 N–H and O–H groups in total. The van der Waals surface area contributed by atoms with E-state index in [0.29, 0.717) is 29.1 Å². The van der Waals surface area contributed by atoms with Gasteiger partial charge in [-0.2, -0.15) is 0 Å². The fourth-order valence-electron chi connectivity index (χ4n) is 8.01. The monoisotopic (exact) mass is 370 g/mol. The van der Waals surface area contributed by atoms with Crippen LogP contribution >= 0.6 is 0 Å². The van der Waals surface area contributed by atoms with Crippen LogP contribution in [0.4, 0.5) is 0 Å². The summed E-state index contributed by atoms with van der Waals surface area (Å²) in [6, 6.07) is 0. The lowest BCUT2D eigenvalue weighted by molar-refractivity contribution is -0.0965. The van der Waals surface area contributed by atoms with Crippen molar-refractivity contribution >= 4 is 0 Å². The first-order chi connectivity index (χ1) is 12.8. The van der Waals surface area contributed by atoms with Gasteiger partial charge >= 0.3 is 0 Å². The lowest BCUT2D eigenvalue weighted by Crippen LogP contribution is -2.54. The molecular formula is C25H38O2. The predicted molar refractivity (Wildman–Crippen MR) is 110 cm³/mol. The minimum absolute atomic E-state index is 0.196. The van der Waals surface area contributed by atoms with Crippen molar-refractivity contribution in [2.75, 3.05) is 0 Å². The Labute approximate surface area is 165 Å². The van der Waals surface area contributed by atoms with Crippen LogP contribution in [0.5, 0.6) is 0 Å². The zero-order valence-electron chi connectivity index (χ0n) is 17.7. The first kappa shape index (κ1) is 19.5. The summed E-state index contributed by atoms with van der Waals surface area (Å²) in [7, 11) is 0. The summed E-state index contributed by atoms with van der Waals surface area (Å²) in [5.41, 5.74) is 1.90. The zero-order chi connectivity index (χ0) is 19.4. The maximum Gasteiger partial charge on any atom is 0.0757 e. The molecule has 0 aromatic carbocycles. The second-order valence-electron chi connectivity index (χ2n) is 10.6. The van der Waals surface area contributed by atoms with Crippen LogP contribution in [0.25, 0.3) is 0 Å². The van der Waals surface area contributed by atoms with E-state index in [9.17, 15) is 10.2 Å². The van der Waals surface area contributed by atoms with Crippen molar-refractivity contribution < 1.29 is 10.2 Å². The predicted octanol–water partition coefficient (Wildman–Crippen LogP) is 4.95. The van der Waals surface area contributed by atoms with Gasteiger partial charge in [0.1, 0.15) is 0 Å². The Bertz CT molecular complexity index is 670. The van der Waals surface area contributed by atoms with Crippen LogP contribution in [0, 0.1) is 52.3 Å². The van der Waals surface area contributed by atoms with Crippen molar-refractivity contribution in [3.05, 3.63) is 11.6 Å². The topological polar surface area (TPSA) is 40.5 Å². The Hall–Kier alpha value is -0.780. The average molecular weight is 371 g/mol. The standard InChI is InChI=1S/C25H38O2/c1-5-6-7-16(2)19-8-9-20-23-21(11-13-25(19,20)4)24(3)12-10-18(26)14-17(24)15-22(23)27/h15-16,18-23,26-27H,7-14H2,1-4H3/t16-,18+,19-,20+,21+,22-,23+,24+,25-/m1/s1. The molecule has 0 spiro atoms. The highest BCUT2D eigenvalue weighted by Crippen LogP contribution is 2.67. The minimum atomic E-state index is -0.322. The van der Waals surface area contributed by atoms with Crippen molar-refractivity contribution in [1.29, 1.82) is 0 Å². The molecule has 150 valence electrons. The van der Waals surface area contributed by atoms with Crippen LogP contribution < -0.4 is 0 Å². The maximum absolute atomic E-state index is 11.2. The minimum Gasteiger partial charge on any atom is -0.393 e. The van der Waals surface area contributed by atoms with Gasteiger partial charge in [-0.15, -0.1) is 11.8 Å². The van der Waals surface area contributed by atoms with E-state index >= 15 is 0 Å². The molecule has 3 fully saturated rings. The zero-order valence-corrected chi connectivity index (χ0v) is 17.7. The van der Waals surface area contributed by atoms with E-state index in [1.165, 1.54) is 31.3 Å². The molecule has 4 rings (SSSR count). The molecule has 2 heteroatoms. The normalized spacial score (nSPS) is 49.8. The molecule has 0 aliphatic heterocycles. The van der Waals surface area contributed by atoms with Gasteiger partial charge in [-0.25, -0.2) is 0 Å². The fraction of sp³-hybridized carbons (Fsp3) is 0.840. The van der Waals surface area contributed by atoms with Gasteiger partial charge in [0.25, 0.3) is 0 Å². The van der Waals surface area contributed by atoms with Gasteiger partial charge in [0, 0.05) is 6.42 Å². The van der Waals surface area contributed by atoms with Gasteiger partial charge in [-0.3, -0.25) is 0 Å². The van der Waals surface area contributed by atoms with Crippen LogP contribution in [0.2, 0.25) is 0 Å². The van der Waals surface area contributed by atoms with E-state index in [2.05, 4.69) is 38.7 Å². The van der Waals surface area contributed by atoms with Crippen molar-refractivity contribution in [2.24, 2.45) is 40.4 Å². The molecule has 0 amide bonds. The largest absolute Gasteiger partial charge is 0.393 e. The molecule has 0 radical (unpaired) electrons. The summed E-state index contributed by atoms with van der Waals surface area (Å²) in [5, 5.41) is 21.4. The summed E-state index contributed by atoms with van der Waals surface area (Å²) >= 11 is 0. The van der Waals surface area contributed by atoms with E-state index in [-0.39, 0.29) is 17.6 Å². The lowest BCUT2D eigenvalue weighted by Gasteiger charge is -2.59. The van der Waals surface area contributed by atoms with Crippen molar-refractivity contribution in [3.63, 3.8) is 0 Å². The molecule has 2 nitrogen and oxygen atoms in total. The first-order valence-electron chi connectivity index (χ1n) is 11.3. The molecule has 3 saturated carbocycles. The number of hydrogen-bond acceptors (Lipinski definition) is 2. The maximum atomic E-state index is 11.2. The third kappa shape index (κ3) is 2.92. The van der Waals surface area contributed by atoms with Gasteiger partial charge in [0.2, 0.25) is 0 Å². The van der Waals surface area contributed by atoms with Crippen molar-refractivity contribution in [1.82, 2.24) is 0 Å². The molecule has 0 unspecified atom stereocenters. The Morgan fingerprint density at radius 3 is 2.63 bits per heavy atom. The van der Waals surface area contributed by atoms with E-state index in [4.69, 9.17) is 0 Å². The van der Waals surface area contributed by atoms with Crippen molar-refractivity contribution in [3.8, 4) is 11.8 Å². The summed E-state index contributed by atoms with van der Waals surface area (Å²) in [5.74, 6) is 9.41. The van der Waals surface area contributed by atoms with Crippen LogP contribution in [0.15, 0.2) is 11.6 Å². The average Bonchev–Trinajstić information content (AvgIpc) is 2.98. The Morgan fingerprint density at radius 2 is 1.89 bits per heavy atom. The highest BCUT2D eigenvalue weighted by atomic mass is 16.3. The van der Waals surface area contributed by atoms with Gasteiger partial charge in [-0.05, 0) is 92.3 Å². The number of aliphatic hydroxyl groups excluding tert-OH is 2. The molecule has 0 saturated heterocycles. The highest BCUT2D eigenvalue weighted by molar-refractivity contribution is 5.28. The highest BCUT2D eigenvalue weighted by Gasteiger charge is 2.61. The molecular weight excluding hydrogens is 332 g/mol. The molecule has 4 aliphatic rings. The van der Waals surface area contributed by atoms with Crippen LogP contribution in [-0.2, 0) is 0 Å². The molecule has 0 aromatic rings. The van der Waals surface area contributed by atoms with Crippen molar-refractivity contribution in [2.45, 2.75) is 91.3 Å². The summed E-state index contributed by atoms with van der Waals surface area (Å²) < 4.78 is 0. The Balaban J connectivity index is 1.63. The van der Waals surface area contributed by atoms with Crippen LogP contribution in [0.3, 0.4) is 0 Å². The molecule has 9 atom stereocenters. The number of rotatable bonds is 2. The fourth-order valence-corrected chi connectivity index (χ4v) is 8.01.